The molecule has 0 radical (unpaired) electrons. The SMILES string of the molecule is Cc1ccc(-c2nnc(SCC(=O)NN=Cc3ccc(O)cc3O)n2C2CCCCC2)cc1. The second kappa shape index (κ2) is 10.5. The van der Waals surface area contributed by atoms with Gasteiger partial charge >= 0.3 is 0 Å². The van der Waals surface area contributed by atoms with Crippen molar-refractivity contribution in [1.29, 1.82) is 0 Å². The number of hydrogen-bond donors (Lipinski definition) is 3. The summed E-state index contributed by atoms with van der Waals surface area (Å²) in [6, 6.07) is 12.7. The lowest BCUT2D eigenvalue weighted by atomic mass is 9.95. The fourth-order valence-corrected chi connectivity index (χ4v) is 4.72. The van der Waals surface area contributed by atoms with Crippen LogP contribution in [-0.4, -0.2) is 42.9 Å². The summed E-state index contributed by atoms with van der Waals surface area (Å²) in [5.74, 6) is 0.525. The molecule has 1 fully saturated rings. The zero-order chi connectivity index (χ0) is 23.2. The van der Waals surface area contributed by atoms with Gasteiger partial charge in [-0.1, -0.05) is 60.9 Å². The molecule has 9 heteroatoms. The third-order valence-corrected chi connectivity index (χ3v) is 6.60. The lowest BCUT2D eigenvalue weighted by Crippen LogP contribution is -2.20. The highest BCUT2D eigenvalue weighted by Gasteiger charge is 2.24. The molecule has 1 heterocycles. The fraction of sp³-hybridized carbons (Fsp3) is 0.333. The van der Waals surface area contributed by atoms with Gasteiger partial charge in [-0.05, 0) is 31.9 Å². The predicted molar refractivity (Wildman–Crippen MR) is 129 cm³/mol. The highest BCUT2D eigenvalue weighted by atomic mass is 32.2. The molecule has 3 N–H and O–H groups in total. The summed E-state index contributed by atoms with van der Waals surface area (Å²) in [6.07, 6.45) is 7.10. The first kappa shape index (κ1) is 22.8. The van der Waals surface area contributed by atoms with Gasteiger partial charge in [-0.15, -0.1) is 10.2 Å². The Morgan fingerprint density at radius 3 is 2.64 bits per heavy atom. The number of hydrazone groups is 1. The number of aromatic hydroxyl groups is 2. The second-order valence-electron chi connectivity index (χ2n) is 8.16. The Bertz CT molecular complexity index is 1140. The van der Waals surface area contributed by atoms with Gasteiger partial charge in [-0.2, -0.15) is 5.10 Å². The van der Waals surface area contributed by atoms with Crippen LogP contribution in [0.15, 0.2) is 52.7 Å². The van der Waals surface area contributed by atoms with E-state index in [0.717, 1.165) is 29.4 Å². The number of amides is 1. The van der Waals surface area contributed by atoms with Crippen LogP contribution in [0, 0.1) is 6.92 Å². The Hall–Kier alpha value is -3.33. The summed E-state index contributed by atoms with van der Waals surface area (Å²) in [5, 5.41) is 32.6. The van der Waals surface area contributed by atoms with E-state index < -0.39 is 0 Å². The Labute approximate surface area is 196 Å². The molecular formula is C24H27N5O3S. The quantitative estimate of drug-likeness (QED) is 0.271. The number of carbonyl (C=O) groups is 1. The number of aryl methyl sites for hydroxylation is 1. The van der Waals surface area contributed by atoms with Crippen molar-refractivity contribution < 1.29 is 15.0 Å². The van der Waals surface area contributed by atoms with Gasteiger partial charge in [-0.3, -0.25) is 9.36 Å². The van der Waals surface area contributed by atoms with Crippen molar-refractivity contribution in [1.82, 2.24) is 20.2 Å². The zero-order valence-corrected chi connectivity index (χ0v) is 19.3. The van der Waals surface area contributed by atoms with E-state index in [9.17, 15) is 15.0 Å². The van der Waals surface area contributed by atoms with Gasteiger partial charge in [-0.25, -0.2) is 5.43 Å². The van der Waals surface area contributed by atoms with E-state index in [-0.39, 0.29) is 23.2 Å². The first-order chi connectivity index (χ1) is 16.0. The van der Waals surface area contributed by atoms with Crippen molar-refractivity contribution in [2.75, 3.05) is 5.75 Å². The third-order valence-electron chi connectivity index (χ3n) is 5.65. The van der Waals surface area contributed by atoms with E-state index in [2.05, 4.69) is 56.5 Å². The molecule has 0 spiro atoms. The number of phenols is 2. The molecule has 172 valence electrons. The Morgan fingerprint density at radius 2 is 1.91 bits per heavy atom. The van der Waals surface area contributed by atoms with Crippen molar-refractivity contribution in [2.45, 2.75) is 50.2 Å². The average Bonchev–Trinajstić information content (AvgIpc) is 3.24. The van der Waals surface area contributed by atoms with Gasteiger partial charge < -0.3 is 10.2 Å². The van der Waals surface area contributed by atoms with Gasteiger partial charge in [0.15, 0.2) is 11.0 Å². The minimum atomic E-state index is -0.287. The molecule has 0 bridgehead atoms. The standard InChI is InChI=1S/C24H27N5O3S/c1-16-7-9-17(10-8-16)23-27-28-24(29(23)19-5-3-2-4-6-19)33-15-22(32)26-25-14-18-11-12-20(30)13-21(18)31/h7-14,19,30-31H,2-6,15H2,1H3,(H,26,32). The Kier molecular flexibility index (Phi) is 7.29. The smallest absolute Gasteiger partial charge is 0.250 e. The summed E-state index contributed by atoms with van der Waals surface area (Å²) < 4.78 is 2.19. The van der Waals surface area contributed by atoms with E-state index in [4.69, 9.17) is 0 Å². The maximum absolute atomic E-state index is 12.3. The Balaban J connectivity index is 1.45. The molecule has 1 aliphatic rings. The first-order valence-electron chi connectivity index (χ1n) is 11.0. The minimum absolute atomic E-state index is 0.0443. The number of rotatable bonds is 7. The molecular weight excluding hydrogens is 438 g/mol. The van der Waals surface area contributed by atoms with E-state index in [0.29, 0.717) is 11.6 Å². The average molecular weight is 466 g/mol. The maximum atomic E-state index is 12.3. The van der Waals surface area contributed by atoms with Gasteiger partial charge in [0.05, 0.1) is 12.0 Å². The van der Waals surface area contributed by atoms with Crippen LogP contribution in [0.3, 0.4) is 0 Å². The third kappa shape index (κ3) is 5.73. The predicted octanol–water partition coefficient (Wildman–Crippen LogP) is 4.41. The van der Waals surface area contributed by atoms with E-state index in [1.165, 1.54) is 61.0 Å². The number of benzene rings is 2. The van der Waals surface area contributed by atoms with Crippen LogP contribution in [0.4, 0.5) is 0 Å². The molecule has 0 aliphatic heterocycles. The summed E-state index contributed by atoms with van der Waals surface area (Å²) in [6.45, 7) is 2.06. The van der Waals surface area contributed by atoms with E-state index in [1.807, 2.05) is 0 Å². The van der Waals surface area contributed by atoms with Gasteiger partial charge in [0.25, 0.3) is 5.91 Å². The minimum Gasteiger partial charge on any atom is -0.508 e. The summed E-state index contributed by atoms with van der Waals surface area (Å²) in [7, 11) is 0. The van der Waals surface area contributed by atoms with Crippen molar-refractivity contribution in [3.63, 3.8) is 0 Å². The van der Waals surface area contributed by atoms with Crippen LogP contribution in [-0.2, 0) is 4.79 Å². The molecule has 1 aliphatic carbocycles. The van der Waals surface area contributed by atoms with Crippen LogP contribution in [0.2, 0.25) is 0 Å². The topological polar surface area (TPSA) is 113 Å². The van der Waals surface area contributed by atoms with Crippen LogP contribution in [0.5, 0.6) is 11.5 Å². The number of hydrogen-bond acceptors (Lipinski definition) is 7. The molecule has 0 atom stereocenters. The van der Waals surface area contributed by atoms with Crippen molar-refractivity contribution in [3.05, 3.63) is 53.6 Å². The lowest BCUT2D eigenvalue weighted by Gasteiger charge is -2.25. The maximum Gasteiger partial charge on any atom is 0.250 e. The molecule has 0 saturated heterocycles. The van der Waals surface area contributed by atoms with E-state index >= 15 is 0 Å². The van der Waals surface area contributed by atoms with Crippen molar-refractivity contribution in [2.24, 2.45) is 5.10 Å². The molecule has 3 aromatic rings. The van der Waals surface area contributed by atoms with Gasteiger partial charge in [0.1, 0.15) is 11.5 Å². The Morgan fingerprint density at radius 1 is 1.15 bits per heavy atom. The summed E-state index contributed by atoms with van der Waals surface area (Å²) in [5.41, 5.74) is 5.07. The molecule has 4 rings (SSSR count). The number of phenolic OH excluding ortho intramolecular Hbond substituents is 2. The van der Waals surface area contributed by atoms with Crippen molar-refractivity contribution in [3.8, 4) is 22.9 Å². The molecule has 0 unspecified atom stereocenters. The monoisotopic (exact) mass is 465 g/mol. The molecule has 1 saturated carbocycles. The largest absolute Gasteiger partial charge is 0.508 e. The van der Waals surface area contributed by atoms with Crippen molar-refractivity contribution >= 4 is 23.9 Å². The normalized spacial score (nSPS) is 14.6. The molecule has 2 aromatic carbocycles. The molecule has 8 nitrogen and oxygen atoms in total. The van der Waals surface area contributed by atoms with Crippen LogP contribution < -0.4 is 5.43 Å². The number of nitrogens with one attached hydrogen (secondary N) is 1. The molecule has 1 amide bonds. The van der Waals surface area contributed by atoms with Crippen LogP contribution >= 0.6 is 11.8 Å². The van der Waals surface area contributed by atoms with Crippen LogP contribution in [0.25, 0.3) is 11.4 Å². The number of carbonyl (C=O) groups excluding carboxylic acids is 1. The van der Waals surface area contributed by atoms with E-state index in [1.54, 1.807) is 0 Å². The molecule has 33 heavy (non-hydrogen) atoms. The summed E-state index contributed by atoms with van der Waals surface area (Å²) >= 11 is 1.34. The summed E-state index contributed by atoms with van der Waals surface area (Å²) in [4.78, 5) is 12.3. The zero-order valence-electron chi connectivity index (χ0n) is 18.4. The number of aromatic nitrogens is 3. The fourth-order valence-electron chi connectivity index (χ4n) is 3.92. The number of nitrogens with zero attached hydrogens (tertiary/aromatic N) is 4. The highest BCUT2D eigenvalue weighted by molar-refractivity contribution is 7.99. The van der Waals surface area contributed by atoms with Crippen LogP contribution in [0.1, 0.15) is 49.3 Å². The second-order valence-corrected chi connectivity index (χ2v) is 9.10. The molecule has 1 aromatic heterocycles. The van der Waals surface area contributed by atoms with Gasteiger partial charge in [0, 0.05) is 23.2 Å². The first-order valence-corrected chi connectivity index (χ1v) is 12.0. The number of thioether (sulfide) groups is 1. The van der Waals surface area contributed by atoms with Gasteiger partial charge in [0.2, 0.25) is 0 Å². The lowest BCUT2D eigenvalue weighted by molar-refractivity contribution is -0.118. The highest BCUT2D eigenvalue weighted by Crippen LogP contribution is 2.35.